The number of carbonyl (C=O) groups excluding carboxylic acids is 1. The van der Waals surface area contributed by atoms with Gasteiger partial charge in [-0.05, 0) is 43.6 Å². The largest absolute Gasteiger partial charge is 0.462 e. The fraction of sp³-hybridized carbons (Fsp3) is 0.600. The number of ether oxygens (including phenoxy) is 1. The number of nitrogens with zero attached hydrogens (tertiary/aromatic N) is 1. The lowest BCUT2D eigenvalue weighted by atomic mass is 10.2. The number of hydrogen-bond acceptors (Lipinski definition) is 4. The van der Waals surface area contributed by atoms with E-state index >= 15 is 0 Å². The molecule has 0 bridgehead atoms. The summed E-state index contributed by atoms with van der Waals surface area (Å²) in [6, 6.07) is 0. The maximum absolute atomic E-state index is 11.9. The monoisotopic (exact) mass is 365 g/mol. The van der Waals surface area contributed by atoms with Crippen LogP contribution in [0.3, 0.4) is 0 Å². The summed E-state index contributed by atoms with van der Waals surface area (Å²) in [7, 11) is -1.72. The normalized spacial score (nSPS) is 14.1. The van der Waals surface area contributed by atoms with Gasteiger partial charge >= 0.3 is 5.97 Å². The average molecular weight is 366 g/mol. The van der Waals surface area contributed by atoms with Gasteiger partial charge in [0.15, 0.2) is 8.32 Å². The molecule has 25 heavy (non-hydrogen) atoms. The van der Waals surface area contributed by atoms with Crippen LogP contribution in [0.1, 0.15) is 41.0 Å². The molecule has 4 nitrogen and oxygen atoms in total. The third-order valence-electron chi connectivity index (χ3n) is 4.09. The second kappa shape index (κ2) is 12.0. The molecule has 0 radical (unpaired) electrons. The fourth-order valence-electron chi connectivity index (χ4n) is 1.51. The Labute approximate surface area is 154 Å². The Hall–Kier alpha value is -1.46. The minimum Gasteiger partial charge on any atom is -0.462 e. The lowest BCUT2D eigenvalue weighted by molar-refractivity contribution is -0.138. The van der Waals surface area contributed by atoms with Gasteiger partial charge in [0, 0.05) is 12.8 Å². The smallest absolute Gasteiger partial charge is 0.338 e. The maximum Gasteiger partial charge on any atom is 0.338 e. The third-order valence-corrected chi connectivity index (χ3v) is 8.59. The molecule has 5 heteroatoms. The van der Waals surface area contributed by atoms with E-state index < -0.39 is 8.32 Å². The number of rotatable bonds is 10. The highest BCUT2D eigenvalue weighted by atomic mass is 28.4. The van der Waals surface area contributed by atoms with Crippen LogP contribution in [0.5, 0.6) is 0 Å². The highest BCUT2D eigenvalue weighted by Crippen LogP contribution is 2.36. The average Bonchev–Trinajstić information content (AvgIpc) is 2.51. The van der Waals surface area contributed by atoms with E-state index in [1.807, 2.05) is 18.2 Å². The van der Waals surface area contributed by atoms with E-state index in [0.29, 0.717) is 18.8 Å². The van der Waals surface area contributed by atoms with Crippen molar-refractivity contribution in [3.05, 3.63) is 36.0 Å². The predicted octanol–water partition coefficient (Wildman–Crippen LogP) is 5.09. The van der Waals surface area contributed by atoms with Crippen LogP contribution < -0.4 is 0 Å². The van der Waals surface area contributed by atoms with Gasteiger partial charge < -0.3 is 9.16 Å². The van der Waals surface area contributed by atoms with Crippen LogP contribution in [0.4, 0.5) is 0 Å². The molecular formula is C20H35NO3Si. The van der Waals surface area contributed by atoms with Crippen LogP contribution in [0, 0.1) is 0 Å². The van der Waals surface area contributed by atoms with E-state index in [1.165, 1.54) is 0 Å². The van der Waals surface area contributed by atoms with Crippen LogP contribution >= 0.6 is 0 Å². The van der Waals surface area contributed by atoms with Gasteiger partial charge in [-0.25, -0.2) is 4.79 Å². The van der Waals surface area contributed by atoms with Crippen LogP contribution in [-0.4, -0.2) is 40.3 Å². The van der Waals surface area contributed by atoms with Crippen molar-refractivity contribution >= 4 is 20.5 Å². The minimum atomic E-state index is -1.72. The summed E-state index contributed by atoms with van der Waals surface area (Å²) in [5, 5.41) is 0.203. The van der Waals surface area contributed by atoms with E-state index in [4.69, 9.17) is 9.16 Å². The molecule has 0 aliphatic carbocycles. The number of esters is 1. The van der Waals surface area contributed by atoms with Crippen molar-refractivity contribution in [1.82, 2.24) is 0 Å². The molecule has 0 aromatic heterocycles. The molecule has 0 heterocycles. The lowest BCUT2D eigenvalue weighted by Crippen LogP contribution is -2.40. The summed E-state index contributed by atoms with van der Waals surface area (Å²) < 4.78 is 11.1. The zero-order valence-corrected chi connectivity index (χ0v) is 18.0. The van der Waals surface area contributed by atoms with E-state index in [2.05, 4.69) is 45.8 Å². The van der Waals surface area contributed by atoms with Crippen molar-refractivity contribution in [1.29, 1.82) is 0 Å². The molecule has 0 amide bonds. The van der Waals surface area contributed by atoms with E-state index in [-0.39, 0.29) is 11.0 Å². The van der Waals surface area contributed by atoms with Crippen molar-refractivity contribution < 1.29 is 14.0 Å². The molecule has 0 aromatic rings. The van der Waals surface area contributed by atoms with Gasteiger partial charge in [-0.2, -0.15) is 0 Å². The zero-order valence-electron chi connectivity index (χ0n) is 17.0. The van der Waals surface area contributed by atoms with Gasteiger partial charge in [-0.15, -0.1) is 0 Å². The zero-order chi connectivity index (χ0) is 19.3. The summed E-state index contributed by atoms with van der Waals surface area (Å²) in [6.07, 6.45) is 11.7. The van der Waals surface area contributed by atoms with Crippen molar-refractivity contribution in [2.24, 2.45) is 4.99 Å². The van der Waals surface area contributed by atoms with E-state index in [0.717, 1.165) is 13.0 Å². The standard InChI is InChI=1S/C20H35NO3Si/c1-8-15-21-16-14-18(19(22)23-9-2)13-11-10-12-17-24-25(6,7)20(3,4)5/h10-14,16H,8-9,15,17H2,1-7H3/b12-10+,13-11+,18-14+,21-16?. The molecule has 0 aliphatic heterocycles. The van der Waals surface area contributed by atoms with Crippen molar-refractivity contribution in [2.45, 2.75) is 59.2 Å². The first kappa shape index (κ1) is 23.5. The Balaban J connectivity index is 4.72. The van der Waals surface area contributed by atoms with Crippen molar-refractivity contribution in [3.8, 4) is 0 Å². The molecular weight excluding hydrogens is 330 g/mol. The molecule has 142 valence electrons. The summed E-state index contributed by atoms with van der Waals surface area (Å²) in [5.41, 5.74) is 0.483. The summed E-state index contributed by atoms with van der Waals surface area (Å²) >= 11 is 0. The van der Waals surface area contributed by atoms with Crippen LogP contribution in [0.25, 0.3) is 0 Å². The molecule has 0 spiro atoms. The lowest BCUT2D eigenvalue weighted by Gasteiger charge is -2.35. The molecule has 0 atom stereocenters. The Kier molecular flexibility index (Phi) is 11.3. The Bertz CT molecular complexity index is 512. The quantitative estimate of drug-likeness (QED) is 0.178. The summed E-state index contributed by atoms with van der Waals surface area (Å²) in [4.78, 5) is 16.1. The Morgan fingerprint density at radius 3 is 2.40 bits per heavy atom. The first-order valence-corrected chi connectivity index (χ1v) is 11.9. The van der Waals surface area contributed by atoms with Gasteiger partial charge in [-0.3, -0.25) is 4.99 Å². The first-order chi connectivity index (χ1) is 11.7. The molecule has 0 rings (SSSR count). The number of carbonyl (C=O) groups is 1. The number of aliphatic imine (C=N–C) groups is 1. The van der Waals surface area contributed by atoms with E-state index in [1.54, 1.807) is 25.3 Å². The molecule has 0 fully saturated rings. The maximum atomic E-state index is 11.9. The van der Waals surface area contributed by atoms with Gasteiger partial charge in [0.2, 0.25) is 0 Å². The molecule has 0 unspecified atom stereocenters. The van der Waals surface area contributed by atoms with Gasteiger partial charge in [-0.1, -0.05) is 45.9 Å². The second-order valence-corrected chi connectivity index (χ2v) is 12.1. The Morgan fingerprint density at radius 2 is 1.84 bits per heavy atom. The first-order valence-electron chi connectivity index (χ1n) is 9.00. The highest BCUT2D eigenvalue weighted by molar-refractivity contribution is 6.74. The molecule has 0 saturated heterocycles. The number of allylic oxidation sites excluding steroid dienone is 3. The van der Waals surface area contributed by atoms with Gasteiger partial charge in [0.25, 0.3) is 0 Å². The van der Waals surface area contributed by atoms with Crippen molar-refractivity contribution in [3.63, 3.8) is 0 Å². The van der Waals surface area contributed by atoms with Crippen LogP contribution in [0.2, 0.25) is 18.1 Å². The van der Waals surface area contributed by atoms with Gasteiger partial charge in [0.05, 0.1) is 18.8 Å². The molecule has 0 saturated carbocycles. The fourth-order valence-corrected chi connectivity index (χ4v) is 2.45. The van der Waals surface area contributed by atoms with Crippen LogP contribution in [0.15, 0.2) is 40.9 Å². The third kappa shape index (κ3) is 10.2. The highest BCUT2D eigenvalue weighted by Gasteiger charge is 2.36. The number of hydrogen-bond donors (Lipinski definition) is 0. The summed E-state index contributed by atoms with van der Waals surface area (Å²) in [6.45, 7) is 16.7. The van der Waals surface area contributed by atoms with E-state index in [9.17, 15) is 4.79 Å². The molecule has 0 N–H and O–H groups in total. The second-order valence-electron chi connectivity index (χ2n) is 7.26. The van der Waals surface area contributed by atoms with Crippen molar-refractivity contribution in [2.75, 3.05) is 19.8 Å². The van der Waals surface area contributed by atoms with Gasteiger partial charge in [0.1, 0.15) is 0 Å². The predicted molar refractivity (Wildman–Crippen MR) is 110 cm³/mol. The minimum absolute atomic E-state index is 0.203. The molecule has 0 aromatic carbocycles. The van der Waals surface area contributed by atoms with Crippen LogP contribution in [-0.2, 0) is 14.0 Å². The summed E-state index contributed by atoms with van der Waals surface area (Å²) in [5.74, 6) is -0.340. The Morgan fingerprint density at radius 1 is 1.16 bits per heavy atom. The topological polar surface area (TPSA) is 47.9 Å². The molecule has 0 aliphatic rings. The SMILES string of the molecule is CCCN=C\C=C(/C=C/C=C/CO[Si](C)(C)C(C)(C)C)C(=O)OCC.